The molecule has 0 saturated carbocycles. The fraction of sp³-hybridized carbons (Fsp3) is 0.250. The smallest absolute Gasteiger partial charge is 0.0864 e. The Morgan fingerprint density at radius 3 is 2.88 bits per heavy atom. The summed E-state index contributed by atoms with van der Waals surface area (Å²) < 4.78 is 1.81. The minimum absolute atomic E-state index is 0.605. The van der Waals surface area contributed by atoms with E-state index in [1.807, 2.05) is 42.2 Å². The summed E-state index contributed by atoms with van der Waals surface area (Å²) in [5.74, 6) is 0. The molecule has 2 N–H and O–H groups in total. The molecule has 2 rings (SSSR count). The molecule has 0 saturated heterocycles. The van der Waals surface area contributed by atoms with E-state index in [-0.39, 0.29) is 0 Å². The van der Waals surface area contributed by atoms with Gasteiger partial charge in [-0.2, -0.15) is 5.10 Å². The Balaban J connectivity index is 2.53. The van der Waals surface area contributed by atoms with Crippen LogP contribution in [0.1, 0.15) is 11.1 Å². The van der Waals surface area contributed by atoms with Crippen molar-refractivity contribution in [1.29, 1.82) is 0 Å². The van der Waals surface area contributed by atoms with Gasteiger partial charge in [0.25, 0.3) is 0 Å². The average Bonchev–Trinajstić information content (AvgIpc) is 2.65. The molecule has 3 nitrogen and oxygen atoms in total. The molecule has 0 aliphatic carbocycles. The third-order valence-corrected chi connectivity index (χ3v) is 2.73. The minimum atomic E-state index is 0.605. The monoisotopic (exact) mass is 235 g/mol. The topological polar surface area (TPSA) is 43.8 Å². The van der Waals surface area contributed by atoms with Gasteiger partial charge in [-0.25, -0.2) is 4.68 Å². The van der Waals surface area contributed by atoms with Crippen LogP contribution in [0.15, 0.2) is 30.6 Å². The van der Waals surface area contributed by atoms with Crippen LogP contribution in [0.5, 0.6) is 0 Å². The molecule has 0 spiro atoms. The zero-order chi connectivity index (χ0) is 11.5. The summed E-state index contributed by atoms with van der Waals surface area (Å²) in [5, 5.41) is 4.98. The van der Waals surface area contributed by atoms with Crippen molar-refractivity contribution < 1.29 is 0 Å². The quantitative estimate of drug-likeness (QED) is 0.888. The number of halogens is 1. The summed E-state index contributed by atoms with van der Waals surface area (Å²) >= 11 is 6.21. The second kappa shape index (κ2) is 4.68. The molecule has 0 unspecified atom stereocenters. The van der Waals surface area contributed by atoms with E-state index in [9.17, 15) is 0 Å². The highest BCUT2D eigenvalue weighted by Crippen LogP contribution is 2.24. The summed E-state index contributed by atoms with van der Waals surface area (Å²) in [7, 11) is 0. The molecule has 84 valence electrons. The third-order valence-electron chi connectivity index (χ3n) is 2.42. The zero-order valence-electron chi connectivity index (χ0n) is 9.15. The lowest BCUT2D eigenvalue weighted by Gasteiger charge is -2.10. The molecule has 16 heavy (non-hydrogen) atoms. The Labute approximate surface area is 99.8 Å². The molecule has 0 radical (unpaired) electrons. The van der Waals surface area contributed by atoms with Crippen molar-refractivity contribution in [1.82, 2.24) is 9.78 Å². The maximum Gasteiger partial charge on any atom is 0.0864 e. The first-order valence-electron chi connectivity index (χ1n) is 5.21. The van der Waals surface area contributed by atoms with Crippen molar-refractivity contribution in [3.63, 3.8) is 0 Å². The van der Waals surface area contributed by atoms with Crippen LogP contribution >= 0.6 is 11.6 Å². The number of para-hydroxylation sites is 1. The first kappa shape index (κ1) is 11.2. The minimum Gasteiger partial charge on any atom is -0.330 e. The molecule has 4 heteroatoms. The van der Waals surface area contributed by atoms with Crippen molar-refractivity contribution in [2.75, 3.05) is 6.54 Å². The predicted molar refractivity (Wildman–Crippen MR) is 66.1 cm³/mol. The maximum absolute atomic E-state index is 6.21. The van der Waals surface area contributed by atoms with Crippen LogP contribution in [-0.2, 0) is 6.42 Å². The highest BCUT2D eigenvalue weighted by atomic mass is 35.5. The SMILES string of the molecule is Cc1cnn(-c2c(Cl)cccc2CCN)c1. The normalized spacial score (nSPS) is 10.7. The van der Waals surface area contributed by atoms with Gasteiger partial charge in [0.1, 0.15) is 0 Å². The highest BCUT2D eigenvalue weighted by molar-refractivity contribution is 6.32. The number of aromatic nitrogens is 2. The molecule has 1 aromatic carbocycles. The number of hydrogen-bond donors (Lipinski definition) is 1. The van der Waals surface area contributed by atoms with E-state index in [4.69, 9.17) is 17.3 Å². The van der Waals surface area contributed by atoms with Crippen LogP contribution in [0.3, 0.4) is 0 Å². The number of benzene rings is 1. The summed E-state index contributed by atoms with van der Waals surface area (Å²) in [5.41, 5.74) is 8.76. The molecule has 0 amide bonds. The number of nitrogens with two attached hydrogens (primary N) is 1. The van der Waals surface area contributed by atoms with Crippen LogP contribution < -0.4 is 5.73 Å². The molecule has 2 aromatic rings. The first-order valence-corrected chi connectivity index (χ1v) is 5.59. The number of rotatable bonds is 3. The van der Waals surface area contributed by atoms with Crippen molar-refractivity contribution >= 4 is 11.6 Å². The Kier molecular flexibility index (Phi) is 3.27. The van der Waals surface area contributed by atoms with E-state index in [1.54, 1.807) is 0 Å². The van der Waals surface area contributed by atoms with E-state index < -0.39 is 0 Å². The van der Waals surface area contributed by atoms with E-state index in [0.29, 0.717) is 11.6 Å². The number of nitrogens with zero attached hydrogens (tertiary/aromatic N) is 2. The van der Waals surface area contributed by atoms with Gasteiger partial charge in [-0.05, 0) is 37.1 Å². The average molecular weight is 236 g/mol. The Morgan fingerprint density at radius 2 is 2.25 bits per heavy atom. The maximum atomic E-state index is 6.21. The van der Waals surface area contributed by atoms with Gasteiger partial charge in [0, 0.05) is 6.20 Å². The molecule has 0 atom stereocenters. The highest BCUT2D eigenvalue weighted by Gasteiger charge is 2.09. The molecule has 1 aromatic heterocycles. The zero-order valence-corrected chi connectivity index (χ0v) is 9.91. The van der Waals surface area contributed by atoms with Crippen molar-refractivity contribution in [2.45, 2.75) is 13.3 Å². The third kappa shape index (κ3) is 2.10. The second-order valence-electron chi connectivity index (χ2n) is 3.75. The Hall–Kier alpha value is -1.32. The van der Waals surface area contributed by atoms with E-state index in [1.165, 1.54) is 0 Å². The lowest BCUT2D eigenvalue weighted by atomic mass is 10.1. The summed E-state index contributed by atoms with van der Waals surface area (Å²) in [6.45, 7) is 2.61. The van der Waals surface area contributed by atoms with Gasteiger partial charge in [-0.3, -0.25) is 0 Å². The van der Waals surface area contributed by atoms with Gasteiger partial charge in [-0.1, -0.05) is 23.7 Å². The lowest BCUT2D eigenvalue weighted by Crippen LogP contribution is -2.07. The predicted octanol–water partition coefficient (Wildman–Crippen LogP) is 2.34. The molecule has 0 bridgehead atoms. The first-order chi connectivity index (χ1) is 7.72. The van der Waals surface area contributed by atoms with E-state index in [0.717, 1.165) is 23.2 Å². The summed E-state index contributed by atoms with van der Waals surface area (Å²) in [4.78, 5) is 0. The molecule has 0 fully saturated rings. The second-order valence-corrected chi connectivity index (χ2v) is 4.16. The van der Waals surface area contributed by atoms with Crippen LogP contribution in [0.2, 0.25) is 5.02 Å². The fourth-order valence-corrected chi connectivity index (χ4v) is 1.99. The van der Waals surface area contributed by atoms with Crippen molar-refractivity contribution in [3.05, 3.63) is 46.7 Å². The largest absolute Gasteiger partial charge is 0.330 e. The lowest BCUT2D eigenvalue weighted by molar-refractivity contribution is 0.850. The van der Waals surface area contributed by atoms with Gasteiger partial charge < -0.3 is 5.73 Å². The molecule has 0 aliphatic rings. The summed E-state index contributed by atoms with van der Waals surface area (Å²) in [6, 6.07) is 5.84. The fourth-order valence-electron chi connectivity index (χ4n) is 1.71. The van der Waals surface area contributed by atoms with Gasteiger partial charge >= 0.3 is 0 Å². The van der Waals surface area contributed by atoms with Gasteiger partial charge in [0.2, 0.25) is 0 Å². The van der Waals surface area contributed by atoms with E-state index in [2.05, 4.69) is 5.10 Å². The Bertz CT molecular complexity index is 491. The van der Waals surface area contributed by atoms with Crippen molar-refractivity contribution in [2.24, 2.45) is 5.73 Å². The molecule has 1 heterocycles. The molecular formula is C12H14ClN3. The Morgan fingerprint density at radius 1 is 1.44 bits per heavy atom. The van der Waals surface area contributed by atoms with Crippen molar-refractivity contribution in [3.8, 4) is 5.69 Å². The van der Waals surface area contributed by atoms with Gasteiger partial charge in [0.05, 0.1) is 16.9 Å². The van der Waals surface area contributed by atoms with Crippen LogP contribution in [0.25, 0.3) is 5.69 Å². The van der Waals surface area contributed by atoms with Gasteiger partial charge in [0.15, 0.2) is 0 Å². The summed E-state index contributed by atoms with van der Waals surface area (Å²) in [6.07, 6.45) is 4.57. The van der Waals surface area contributed by atoms with Crippen LogP contribution in [0, 0.1) is 6.92 Å². The van der Waals surface area contributed by atoms with Gasteiger partial charge in [-0.15, -0.1) is 0 Å². The standard InChI is InChI=1S/C12H14ClN3/c1-9-7-15-16(8-9)12-10(5-6-14)3-2-4-11(12)13/h2-4,7-8H,5-6,14H2,1H3. The number of aryl methyl sites for hydroxylation is 1. The van der Waals surface area contributed by atoms with Crippen LogP contribution in [0.4, 0.5) is 0 Å². The van der Waals surface area contributed by atoms with E-state index >= 15 is 0 Å². The van der Waals surface area contributed by atoms with Crippen LogP contribution in [-0.4, -0.2) is 16.3 Å². The molecule has 0 aliphatic heterocycles. The molecular weight excluding hydrogens is 222 g/mol. The number of hydrogen-bond acceptors (Lipinski definition) is 2.